The molecule has 0 saturated heterocycles. The molecule has 0 amide bonds. The summed E-state index contributed by atoms with van der Waals surface area (Å²) in [5.41, 5.74) is 20.1. The number of rotatable bonds is 3. The fourth-order valence-corrected chi connectivity index (χ4v) is 14.5. The molecule has 2 heteroatoms. The maximum absolute atomic E-state index is 2.63. The van der Waals surface area contributed by atoms with Gasteiger partial charge in [0.1, 0.15) is 0 Å². The standard InChI is InChI=1S/C59H49NS/c1-57(2)45-21-10-7-18-40(45)42-31-29-37(34-51(42)57)60(38-30-32-43-41-19-8-11-22-46(41)58(3,4)52(43)35-38)53-26-15-25-50-56(53)61-54-27-14-13-24-48(54)59(50)47-23-12-9-20-44(47)55-39-17-6-5-16-36(39)28-33-49(55)59/h5-7,9-10,12-18,20-21,23-35,41,46H,8,11,19,22H2,1-4H3. The maximum Gasteiger partial charge on any atom is 0.0736 e. The summed E-state index contributed by atoms with van der Waals surface area (Å²) >= 11 is 1.96. The number of anilines is 3. The van der Waals surface area contributed by atoms with Gasteiger partial charge in [0, 0.05) is 26.6 Å². The molecule has 0 aromatic heterocycles. The SMILES string of the molecule is CC1(C)c2ccccc2-c2ccc(N(c3ccc4c(c3)C(C)(C)C3CCCCC43)c3cccc4c3Sc3ccccc3C43c4ccccc4-c4c3ccc3ccccc43)cc21. The summed E-state index contributed by atoms with van der Waals surface area (Å²) in [7, 11) is 0. The molecule has 1 saturated carbocycles. The maximum atomic E-state index is 2.63. The molecule has 61 heavy (non-hydrogen) atoms. The quantitative estimate of drug-likeness (QED) is 0.175. The summed E-state index contributed by atoms with van der Waals surface area (Å²) in [6.07, 6.45) is 5.33. The van der Waals surface area contributed by atoms with Crippen molar-refractivity contribution >= 4 is 39.6 Å². The minimum Gasteiger partial charge on any atom is -0.309 e. The average molecular weight is 804 g/mol. The largest absolute Gasteiger partial charge is 0.309 e. The van der Waals surface area contributed by atoms with Gasteiger partial charge < -0.3 is 4.90 Å². The average Bonchev–Trinajstić information content (AvgIpc) is 3.82. The van der Waals surface area contributed by atoms with Crippen molar-refractivity contribution in [3.05, 3.63) is 208 Å². The fraction of sp³-hybridized carbons (Fsp3) is 0.220. The molecular weight excluding hydrogens is 755 g/mol. The van der Waals surface area contributed by atoms with Crippen LogP contribution in [0.2, 0.25) is 0 Å². The Kier molecular flexibility index (Phi) is 7.42. The van der Waals surface area contributed by atoms with Crippen LogP contribution in [0.4, 0.5) is 17.1 Å². The molecular formula is C59H49NS. The molecule has 8 aromatic rings. The first-order valence-electron chi connectivity index (χ1n) is 22.5. The molecule has 3 atom stereocenters. The lowest BCUT2D eigenvalue weighted by atomic mass is 9.67. The first kappa shape index (κ1) is 35.9. The Balaban J connectivity index is 1.09. The second kappa shape index (κ2) is 12.6. The van der Waals surface area contributed by atoms with Gasteiger partial charge in [-0.1, -0.05) is 180 Å². The van der Waals surface area contributed by atoms with Gasteiger partial charge >= 0.3 is 0 Å². The van der Waals surface area contributed by atoms with E-state index in [-0.39, 0.29) is 10.8 Å². The number of hydrogen-bond donors (Lipinski definition) is 0. The van der Waals surface area contributed by atoms with E-state index in [1.54, 1.807) is 11.1 Å². The zero-order valence-electron chi connectivity index (χ0n) is 35.4. The zero-order valence-corrected chi connectivity index (χ0v) is 36.2. The van der Waals surface area contributed by atoms with Crippen LogP contribution in [0.1, 0.15) is 104 Å². The van der Waals surface area contributed by atoms with Gasteiger partial charge in [0.2, 0.25) is 0 Å². The van der Waals surface area contributed by atoms with E-state index < -0.39 is 5.41 Å². The minimum atomic E-state index is -0.480. The van der Waals surface area contributed by atoms with Crippen molar-refractivity contribution < 1.29 is 0 Å². The lowest BCUT2D eigenvalue weighted by Gasteiger charge is -2.41. The lowest BCUT2D eigenvalue weighted by Crippen LogP contribution is -2.32. The highest BCUT2D eigenvalue weighted by atomic mass is 32.2. The third kappa shape index (κ3) is 4.64. The lowest BCUT2D eigenvalue weighted by molar-refractivity contribution is 0.233. The van der Waals surface area contributed by atoms with Crippen LogP contribution in [0.25, 0.3) is 33.0 Å². The van der Waals surface area contributed by atoms with Crippen LogP contribution in [0, 0.1) is 5.92 Å². The van der Waals surface area contributed by atoms with E-state index in [2.05, 4.69) is 196 Å². The Morgan fingerprint density at radius 2 is 1.18 bits per heavy atom. The van der Waals surface area contributed by atoms with Crippen molar-refractivity contribution in [2.75, 3.05) is 4.90 Å². The highest BCUT2D eigenvalue weighted by molar-refractivity contribution is 7.99. The van der Waals surface area contributed by atoms with Gasteiger partial charge in [-0.05, 0) is 144 Å². The number of fused-ring (bicyclic) bond motifs is 17. The number of nitrogens with zero attached hydrogens (tertiary/aromatic N) is 1. The first-order valence-corrected chi connectivity index (χ1v) is 23.3. The smallest absolute Gasteiger partial charge is 0.0736 e. The molecule has 296 valence electrons. The fourth-order valence-electron chi connectivity index (χ4n) is 13.2. The topological polar surface area (TPSA) is 3.24 Å². The van der Waals surface area contributed by atoms with Crippen molar-refractivity contribution in [1.29, 1.82) is 0 Å². The van der Waals surface area contributed by atoms with Crippen molar-refractivity contribution in [3.8, 4) is 22.3 Å². The van der Waals surface area contributed by atoms with E-state index in [0.717, 1.165) is 0 Å². The van der Waals surface area contributed by atoms with Gasteiger partial charge in [0.05, 0.1) is 11.1 Å². The summed E-state index contributed by atoms with van der Waals surface area (Å²) in [6, 6.07) is 63.4. The highest BCUT2D eigenvalue weighted by Gasteiger charge is 2.52. The number of hydrogen-bond acceptors (Lipinski definition) is 2. The van der Waals surface area contributed by atoms with Crippen LogP contribution in [-0.2, 0) is 16.2 Å². The summed E-state index contributed by atoms with van der Waals surface area (Å²) in [5, 5.41) is 2.61. The first-order chi connectivity index (χ1) is 29.8. The normalized spacial score (nSPS) is 21.4. The predicted molar refractivity (Wildman–Crippen MR) is 255 cm³/mol. The van der Waals surface area contributed by atoms with Crippen molar-refractivity contribution in [2.45, 2.75) is 85.3 Å². The molecule has 1 spiro atoms. The summed E-state index contributed by atoms with van der Waals surface area (Å²) in [4.78, 5) is 5.28. The van der Waals surface area contributed by atoms with Crippen molar-refractivity contribution in [3.63, 3.8) is 0 Å². The molecule has 0 bridgehead atoms. The van der Waals surface area contributed by atoms with E-state index in [1.165, 1.54) is 119 Å². The third-order valence-corrected chi connectivity index (χ3v) is 17.2. The number of benzene rings is 8. The predicted octanol–water partition coefficient (Wildman–Crippen LogP) is 16.0. The molecule has 4 aliphatic carbocycles. The molecule has 5 aliphatic rings. The second-order valence-electron chi connectivity index (χ2n) is 19.5. The molecule has 3 unspecified atom stereocenters. The van der Waals surface area contributed by atoms with Gasteiger partial charge in [0.25, 0.3) is 0 Å². The molecule has 8 aromatic carbocycles. The summed E-state index contributed by atoms with van der Waals surface area (Å²) in [6.45, 7) is 9.88. The molecule has 1 heterocycles. The van der Waals surface area contributed by atoms with Crippen molar-refractivity contribution in [2.24, 2.45) is 5.92 Å². The molecule has 0 N–H and O–H groups in total. The highest BCUT2D eigenvalue weighted by Crippen LogP contribution is 2.65. The Morgan fingerprint density at radius 1 is 0.508 bits per heavy atom. The van der Waals surface area contributed by atoms with Crippen LogP contribution in [-0.4, -0.2) is 0 Å². The molecule has 13 rings (SSSR count). The van der Waals surface area contributed by atoms with E-state index in [0.29, 0.717) is 11.8 Å². The summed E-state index contributed by atoms with van der Waals surface area (Å²) < 4.78 is 0. The van der Waals surface area contributed by atoms with Crippen LogP contribution in [0.15, 0.2) is 174 Å². The van der Waals surface area contributed by atoms with E-state index in [1.807, 2.05) is 11.8 Å². The van der Waals surface area contributed by atoms with Crippen molar-refractivity contribution in [1.82, 2.24) is 0 Å². The molecule has 1 aliphatic heterocycles. The molecule has 0 radical (unpaired) electrons. The van der Waals surface area contributed by atoms with Crippen LogP contribution >= 0.6 is 11.8 Å². The third-order valence-electron chi connectivity index (χ3n) is 16.0. The van der Waals surface area contributed by atoms with Crippen LogP contribution in [0.3, 0.4) is 0 Å². The van der Waals surface area contributed by atoms with Gasteiger partial charge in [-0.3, -0.25) is 0 Å². The Bertz CT molecular complexity index is 3170. The minimum absolute atomic E-state index is 0.114. The molecule has 1 nitrogen and oxygen atoms in total. The van der Waals surface area contributed by atoms with E-state index in [4.69, 9.17) is 0 Å². The Morgan fingerprint density at radius 3 is 2.05 bits per heavy atom. The zero-order chi connectivity index (χ0) is 40.8. The monoisotopic (exact) mass is 803 g/mol. The Hall–Kier alpha value is -5.83. The van der Waals surface area contributed by atoms with E-state index >= 15 is 0 Å². The van der Waals surface area contributed by atoms with Gasteiger partial charge in [0.15, 0.2) is 0 Å². The van der Waals surface area contributed by atoms with Crippen LogP contribution < -0.4 is 4.90 Å². The second-order valence-corrected chi connectivity index (χ2v) is 20.5. The Labute approximate surface area is 364 Å². The van der Waals surface area contributed by atoms with Gasteiger partial charge in [-0.15, -0.1) is 0 Å². The summed E-state index contributed by atoms with van der Waals surface area (Å²) in [5.74, 6) is 1.37. The van der Waals surface area contributed by atoms with Crippen LogP contribution in [0.5, 0.6) is 0 Å². The molecule has 1 fully saturated rings. The van der Waals surface area contributed by atoms with Gasteiger partial charge in [-0.2, -0.15) is 0 Å². The van der Waals surface area contributed by atoms with E-state index in [9.17, 15) is 0 Å². The van der Waals surface area contributed by atoms with Gasteiger partial charge in [-0.25, -0.2) is 0 Å².